The molecule has 152 valence electrons. The lowest BCUT2D eigenvalue weighted by molar-refractivity contribution is -0.130. The third kappa shape index (κ3) is 3.73. The van der Waals surface area contributed by atoms with E-state index in [0.717, 1.165) is 37.3 Å². The molecule has 2 aromatic rings. The summed E-state index contributed by atoms with van der Waals surface area (Å²) in [5, 5.41) is 0. The van der Waals surface area contributed by atoms with E-state index in [4.69, 9.17) is 4.74 Å². The molecule has 2 fully saturated rings. The van der Waals surface area contributed by atoms with Crippen LogP contribution < -0.4 is 4.87 Å². The predicted octanol–water partition coefficient (Wildman–Crippen LogP) is 1.10. The van der Waals surface area contributed by atoms with Crippen LogP contribution in [-0.2, 0) is 26.1 Å². The number of morpholine rings is 1. The Balaban J connectivity index is 1.56. The maximum atomic E-state index is 12.8. The molecule has 0 atom stereocenters. The minimum absolute atomic E-state index is 0.0651. The zero-order valence-corrected chi connectivity index (χ0v) is 17.1. The van der Waals surface area contributed by atoms with Crippen molar-refractivity contribution in [3.8, 4) is 0 Å². The van der Waals surface area contributed by atoms with Crippen LogP contribution in [0.2, 0.25) is 0 Å². The fraction of sp³-hybridized carbons (Fsp3) is 0.556. The molecule has 8 nitrogen and oxygen atoms in total. The van der Waals surface area contributed by atoms with Crippen LogP contribution in [0.4, 0.5) is 0 Å². The van der Waals surface area contributed by atoms with Gasteiger partial charge in [0.2, 0.25) is 15.9 Å². The SMILES string of the molecule is O=C(CCn1c(=O)sc2cc(S(=O)(=O)N3CCOCC3)ccc21)N1CCCC1. The molecule has 4 rings (SSSR count). The van der Waals surface area contributed by atoms with Crippen LogP contribution in [0.3, 0.4) is 0 Å². The standard InChI is InChI=1S/C18H23N3O5S2/c22-17(19-6-1-2-7-19)5-8-21-15-4-3-14(13-16(15)27-18(21)23)28(24,25)20-9-11-26-12-10-20/h3-4,13H,1-2,5-12H2. The number of ether oxygens (including phenoxy) is 1. The minimum atomic E-state index is -3.61. The number of fused-ring (bicyclic) bond motifs is 1. The summed E-state index contributed by atoms with van der Waals surface area (Å²) in [6.45, 7) is 3.32. The number of sulfonamides is 1. The Bertz CT molecular complexity index is 1030. The van der Waals surface area contributed by atoms with Crippen molar-refractivity contribution >= 4 is 37.5 Å². The van der Waals surface area contributed by atoms with Gasteiger partial charge in [0.05, 0.1) is 28.3 Å². The molecule has 2 aliphatic rings. The van der Waals surface area contributed by atoms with Crippen molar-refractivity contribution in [1.82, 2.24) is 13.8 Å². The van der Waals surface area contributed by atoms with Gasteiger partial charge in [-0.1, -0.05) is 11.3 Å². The van der Waals surface area contributed by atoms with Crippen LogP contribution in [0.25, 0.3) is 10.2 Å². The topological polar surface area (TPSA) is 88.9 Å². The molecule has 3 heterocycles. The quantitative estimate of drug-likeness (QED) is 0.716. The first-order valence-electron chi connectivity index (χ1n) is 9.46. The largest absolute Gasteiger partial charge is 0.379 e. The van der Waals surface area contributed by atoms with Crippen molar-refractivity contribution in [1.29, 1.82) is 0 Å². The number of likely N-dealkylation sites (tertiary alicyclic amines) is 1. The third-order valence-corrected chi connectivity index (χ3v) is 8.09. The molecule has 0 bridgehead atoms. The van der Waals surface area contributed by atoms with Gasteiger partial charge in [0.25, 0.3) is 0 Å². The van der Waals surface area contributed by atoms with Crippen LogP contribution in [-0.4, -0.2) is 67.5 Å². The molecule has 0 N–H and O–H groups in total. The fourth-order valence-electron chi connectivity index (χ4n) is 3.69. The number of hydrogen-bond donors (Lipinski definition) is 0. The molecule has 2 aliphatic heterocycles. The molecule has 0 unspecified atom stereocenters. The van der Waals surface area contributed by atoms with Crippen LogP contribution in [0.15, 0.2) is 27.9 Å². The van der Waals surface area contributed by atoms with Gasteiger partial charge >= 0.3 is 4.87 Å². The Hall–Kier alpha value is -1.75. The van der Waals surface area contributed by atoms with Crippen LogP contribution in [0, 0.1) is 0 Å². The van der Waals surface area contributed by atoms with E-state index >= 15 is 0 Å². The molecule has 28 heavy (non-hydrogen) atoms. The van der Waals surface area contributed by atoms with Gasteiger partial charge in [-0.2, -0.15) is 4.31 Å². The first-order valence-corrected chi connectivity index (χ1v) is 11.7. The van der Waals surface area contributed by atoms with Gasteiger partial charge in [-0.25, -0.2) is 8.42 Å². The highest BCUT2D eigenvalue weighted by molar-refractivity contribution is 7.89. The molecule has 2 saturated heterocycles. The van der Waals surface area contributed by atoms with E-state index in [-0.39, 0.29) is 22.1 Å². The number of benzene rings is 1. The van der Waals surface area contributed by atoms with E-state index in [9.17, 15) is 18.0 Å². The Morgan fingerprint density at radius 1 is 1.11 bits per heavy atom. The first kappa shape index (κ1) is 19.6. The molecule has 0 radical (unpaired) electrons. The van der Waals surface area contributed by atoms with Gasteiger partial charge in [-0.3, -0.25) is 14.2 Å². The number of hydrogen-bond acceptors (Lipinski definition) is 6. The maximum Gasteiger partial charge on any atom is 0.308 e. The van der Waals surface area contributed by atoms with E-state index in [1.54, 1.807) is 16.7 Å². The number of thiazole rings is 1. The zero-order valence-electron chi connectivity index (χ0n) is 15.5. The lowest BCUT2D eigenvalue weighted by atomic mass is 10.3. The Morgan fingerprint density at radius 3 is 2.54 bits per heavy atom. The molecular weight excluding hydrogens is 402 g/mol. The minimum Gasteiger partial charge on any atom is -0.379 e. The number of aryl methyl sites for hydroxylation is 1. The summed E-state index contributed by atoms with van der Waals surface area (Å²) in [6, 6.07) is 4.77. The molecule has 0 saturated carbocycles. The van der Waals surface area contributed by atoms with E-state index in [2.05, 4.69) is 0 Å². The molecule has 0 spiro atoms. The first-order chi connectivity index (χ1) is 13.5. The van der Waals surface area contributed by atoms with Gasteiger partial charge in [-0.15, -0.1) is 0 Å². The van der Waals surface area contributed by atoms with Crippen molar-refractivity contribution in [2.75, 3.05) is 39.4 Å². The Kier molecular flexibility index (Phi) is 5.55. The second-order valence-electron chi connectivity index (χ2n) is 7.00. The number of nitrogens with zero attached hydrogens (tertiary/aromatic N) is 3. The summed E-state index contributed by atoms with van der Waals surface area (Å²) in [5.74, 6) is 0.0651. The number of amides is 1. The number of aromatic nitrogens is 1. The normalized spacial score (nSPS) is 18.8. The molecule has 1 amide bonds. The average Bonchev–Trinajstić information content (AvgIpc) is 3.34. The highest BCUT2D eigenvalue weighted by atomic mass is 32.2. The predicted molar refractivity (Wildman–Crippen MR) is 106 cm³/mol. The number of carbonyl (C=O) groups is 1. The third-order valence-electron chi connectivity index (χ3n) is 5.26. The summed E-state index contributed by atoms with van der Waals surface area (Å²) in [4.78, 5) is 26.5. The van der Waals surface area contributed by atoms with Gasteiger partial charge in [-0.05, 0) is 31.0 Å². The van der Waals surface area contributed by atoms with Gasteiger partial charge in [0, 0.05) is 39.1 Å². The van der Waals surface area contributed by atoms with Gasteiger partial charge in [0.1, 0.15) is 0 Å². The summed E-state index contributed by atoms with van der Waals surface area (Å²) >= 11 is 1.01. The number of carbonyl (C=O) groups excluding carboxylic acids is 1. The van der Waals surface area contributed by atoms with Gasteiger partial charge in [0.15, 0.2) is 0 Å². The van der Waals surface area contributed by atoms with Crippen molar-refractivity contribution < 1.29 is 17.9 Å². The van der Waals surface area contributed by atoms with E-state index < -0.39 is 10.0 Å². The summed E-state index contributed by atoms with van der Waals surface area (Å²) in [7, 11) is -3.61. The van der Waals surface area contributed by atoms with E-state index in [1.807, 2.05) is 4.90 Å². The lowest BCUT2D eigenvalue weighted by Crippen LogP contribution is -2.40. The summed E-state index contributed by atoms with van der Waals surface area (Å²) in [6.07, 6.45) is 2.35. The van der Waals surface area contributed by atoms with Gasteiger partial charge < -0.3 is 9.64 Å². The lowest BCUT2D eigenvalue weighted by Gasteiger charge is -2.26. The van der Waals surface area contributed by atoms with Crippen molar-refractivity contribution in [3.05, 3.63) is 27.9 Å². The smallest absolute Gasteiger partial charge is 0.308 e. The average molecular weight is 426 g/mol. The van der Waals surface area contributed by atoms with Crippen molar-refractivity contribution in [3.63, 3.8) is 0 Å². The van der Waals surface area contributed by atoms with Crippen molar-refractivity contribution in [2.45, 2.75) is 30.7 Å². The molecular formula is C18H23N3O5S2. The second-order valence-corrected chi connectivity index (χ2v) is 9.93. The highest BCUT2D eigenvalue weighted by Gasteiger charge is 2.27. The molecule has 0 aliphatic carbocycles. The van der Waals surface area contributed by atoms with Crippen molar-refractivity contribution in [2.24, 2.45) is 0 Å². The highest BCUT2D eigenvalue weighted by Crippen LogP contribution is 2.25. The van der Waals surface area contributed by atoms with Crippen LogP contribution in [0.1, 0.15) is 19.3 Å². The Morgan fingerprint density at radius 2 is 1.82 bits per heavy atom. The second kappa shape index (κ2) is 7.94. The fourth-order valence-corrected chi connectivity index (χ4v) is 6.15. The molecule has 1 aromatic carbocycles. The number of rotatable bonds is 5. The molecule has 1 aromatic heterocycles. The monoisotopic (exact) mass is 425 g/mol. The Labute approximate surface area is 167 Å². The summed E-state index contributed by atoms with van der Waals surface area (Å²) < 4.78 is 34.5. The zero-order chi connectivity index (χ0) is 19.7. The molecule has 10 heteroatoms. The van der Waals surface area contributed by atoms with Crippen LogP contribution in [0.5, 0.6) is 0 Å². The van der Waals surface area contributed by atoms with E-state index in [1.165, 1.54) is 10.4 Å². The van der Waals surface area contributed by atoms with E-state index in [0.29, 0.717) is 43.1 Å². The maximum absolute atomic E-state index is 12.8. The summed E-state index contributed by atoms with van der Waals surface area (Å²) in [5.41, 5.74) is 0.671. The van der Waals surface area contributed by atoms with Crippen LogP contribution >= 0.6 is 11.3 Å².